The standard InChI is InChI=1S/C24H26N4O3/c25-17-21(24(31)26-12-11-22(29)30)18-27-13-15-28(16-14-27)23(19-7-3-1-4-8-19)20-9-5-2-6-10-20/h1-10,18,23H,11-16H2,(H,26,31)(H,29,30)/b21-18-. The molecule has 0 aliphatic carbocycles. The molecule has 2 N–H and O–H groups in total. The van der Waals surface area contributed by atoms with Crippen molar-refractivity contribution in [1.29, 1.82) is 5.26 Å². The summed E-state index contributed by atoms with van der Waals surface area (Å²) in [6.07, 6.45) is 1.40. The molecule has 160 valence electrons. The minimum absolute atomic E-state index is 0.00318. The summed E-state index contributed by atoms with van der Waals surface area (Å²) >= 11 is 0. The van der Waals surface area contributed by atoms with Crippen LogP contribution >= 0.6 is 0 Å². The molecule has 0 radical (unpaired) electrons. The normalized spacial score (nSPS) is 14.8. The topological polar surface area (TPSA) is 96.7 Å². The van der Waals surface area contributed by atoms with Crippen LogP contribution in [0.2, 0.25) is 0 Å². The third-order valence-corrected chi connectivity index (χ3v) is 5.25. The van der Waals surface area contributed by atoms with Gasteiger partial charge in [0.25, 0.3) is 5.91 Å². The molecule has 0 aromatic heterocycles. The van der Waals surface area contributed by atoms with E-state index in [1.54, 1.807) is 6.20 Å². The van der Waals surface area contributed by atoms with Crippen LogP contribution in [0.15, 0.2) is 72.4 Å². The van der Waals surface area contributed by atoms with Crippen LogP contribution in [-0.2, 0) is 9.59 Å². The first-order chi connectivity index (χ1) is 15.1. The predicted molar refractivity (Wildman–Crippen MR) is 117 cm³/mol. The Bertz CT molecular complexity index is 906. The molecule has 1 aliphatic heterocycles. The summed E-state index contributed by atoms with van der Waals surface area (Å²) in [4.78, 5) is 27.1. The summed E-state index contributed by atoms with van der Waals surface area (Å²) in [5.41, 5.74) is 2.45. The fourth-order valence-corrected chi connectivity index (χ4v) is 3.71. The molecule has 7 heteroatoms. The lowest BCUT2D eigenvalue weighted by Crippen LogP contribution is -2.46. The molecule has 0 unspecified atom stereocenters. The minimum atomic E-state index is -0.995. The first-order valence-corrected chi connectivity index (χ1v) is 10.3. The van der Waals surface area contributed by atoms with Crippen LogP contribution in [0.5, 0.6) is 0 Å². The molecule has 31 heavy (non-hydrogen) atoms. The van der Waals surface area contributed by atoms with Crippen molar-refractivity contribution in [3.63, 3.8) is 0 Å². The molecule has 1 fully saturated rings. The zero-order valence-electron chi connectivity index (χ0n) is 17.3. The number of carboxylic acids is 1. The summed E-state index contributed by atoms with van der Waals surface area (Å²) in [6, 6.07) is 22.8. The molecular weight excluding hydrogens is 392 g/mol. The van der Waals surface area contributed by atoms with Crippen LogP contribution in [0.4, 0.5) is 0 Å². The van der Waals surface area contributed by atoms with Crippen molar-refractivity contribution >= 4 is 11.9 Å². The second kappa shape index (κ2) is 11.0. The van der Waals surface area contributed by atoms with Crippen LogP contribution in [-0.4, -0.2) is 59.5 Å². The molecule has 2 aromatic rings. The SMILES string of the molecule is N#C/C(=C/N1CCN(C(c2ccccc2)c2ccccc2)CC1)C(=O)NCCC(=O)O. The van der Waals surface area contributed by atoms with Crippen molar-refractivity contribution in [2.75, 3.05) is 32.7 Å². The highest BCUT2D eigenvalue weighted by molar-refractivity contribution is 5.97. The number of nitrogens with one attached hydrogen (secondary N) is 1. The summed E-state index contributed by atoms with van der Waals surface area (Å²) in [6.45, 7) is 2.93. The first kappa shape index (κ1) is 22.1. The predicted octanol–water partition coefficient (Wildman–Crippen LogP) is 2.39. The average molecular weight is 418 g/mol. The Balaban J connectivity index is 1.66. The van der Waals surface area contributed by atoms with Gasteiger partial charge < -0.3 is 15.3 Å². The average Bonchev–Trinajstić information content (AvgIpc) is 2.80. The number of rotatable bonds is 8. The Morgan fingerprint density at radius 2 is 1.55 bits per heavy atom. The van der Waals surface area contributed by atoms with Gasteiger partial charge in [-0.3, -0.25) is 14.5 Å². The molecule has 1 amide bonds. The number of carbonyl (C=O) groups excluding carboxylic acids is 1. The number of nitriles is 1. The second-order valence-corrected chi connectivity index (χ2v) is 7.35. The highest BCUT2D eigenvalue weighted by Gasteiger charge is 2.26. The van der Waals surface area contributed by atoms with Crippen molar-refractivity contribution < 1.29 is 14.7 Å². The van der Waals surface area contributed by atoms with E-state index in [2.05, 4.69) is 34.5 Å². The van der Waals surface area contributed by atoms with E-state index in [9.17, 15) is 14.9 Å². The van der Waals surface area contributed by atoms with Gasteiger partial charge in [-0.15, -0.1) is 0 Å². The maximum Gasteiger partial charge on any atom is 0.305 e. The van der Waals surface area contributed by atoms with Crippen molar-refractivity contribution in [2.24, 2.45) is 0 Å². The minimum Gasteiger partial charge on any atom is -0.481 e. The number of hydrogen-bond acceptors (Lipinski definition) is 5. The molecule has 2 aromatic carbocycles. The molecular formula is C24H26N4O3. The largest absolute Gasteiger partial charge is 0.481 e. The first-order valence-electron chi connectivity index (χ1n) is 10.3. The van der Waals surface area contributed by atoms with Gasteiger partial charge in [-0.05, 0) is 11.1 Å². The Morgan fingerprint density at radius 3 is 2.03 bits per heavy atom. The van der Waals surface area contributed by atoms with Crippen molar-refractivity contribution in [2.45, 2.75) is 12.5 Å². The highest BCUT2D eigenvalue weighted by Crippen LogP contribution is 2.29. The highest BCUT2D eigenvalue weighted by atomic mass is 16.4. The van der Waals surface area contributed by atoms with E-state index >= 15 is 0 Å². The number of benzene rings is 2. The van der Waals surface area contributed by atoms with E-state index in [1.807, 2.05) is 47.4 Å². The van der Waals surface area contributed by atoms with Crippen LogP contribution in [0.25, 0.3) is 0 Å². The zero-order chi connectivity index (χ0) is 22.1. The van der Waals surface area contributed by atoms with Crippen molar-refractivity contribution in [3.05, 3.63) is 83.6 Å². The molecule has 0 atom stereocenters. The summed E-state index contributed by atoms with van der Waals surface area (Å²) in [5, 5.41) is 20.5. The van der Waals surface area contributed by atoms with E-state index in [4.69, 9.17) is 5.11 Å². The van der Waals surface area contributed by atoms with Crippen molar-refractivity contribution in [1.82, 2.24) is 15.1 Å². The molecule has 3 rings (SSSR count). The van der Waals surface area contributed by atoms with E-state index < -0.39 is 11.9 Å². The van der Waals surface area contributed by atoms with Gasteiger partial charge >= 0.3 is 5.97 Å². The van der Waals surface area contributed by atoms with Gasteiger partial charge in [0.1, 0.15) is 11.6 Å². The van der Waals surface area contributed by atoms with Crippen LogP contribution in [0, 0.1) is 11.3 Å². The van der Waals surface area contributed by atoms with Gasteiger partial charge in [-0.25, -0.2) is 0 Å². The summed E-state index contributed by atoms with van der Waals surface area (Å²) in [5.74, 6) is -1.54. The van der Waals surface area contributed by atoms with Crippen molar-refractivity contribution in [3.8, 4) is 6.07 Å². The maximum atomic E-state index is 12.1. The van der Waals surface area contributed by atoms with Crippen LogP contribution in [0.1, 0.15) is 23.6 Å². The van der Waals surface area contributed by atoms with E-state index in [0.717, 1.165) is 13.1 Å². The zero-order valence-corrected chi connectivity index (χ0v) is 17.3. The fraction of sp³-hybridized carbons (Fsp3) is 0.292. The molecule has 1 saturated heterocycles. The lowest BCUT2D eigenvalue weighted by atomic mass is 9.96. The van der Waals surface area contributed by atoms with Gasteiger partial charge in [0.05, 0.1) is 12.5 Å². The molecule has 1 heterocycles. The quantitative estimate of drug-likeness (QED) is 0.505. The van der Waals surface area contributed by atoms with Gasteiger partial charge in [0, 0.05) is 38.9 Å². The Hall–Kier alpha value is -3.63. The van der Waals surface area contributed by atoms with E-state index in [1.165, 1.54) is 11.1 Å². The molecule has 0 saturated carbocycles. The Kier molecular flexibility index (Phi) is 7.79. The number of aliphatic carboxylic acids is 1. The second-order valence-electron chi connectivity index (χ2n) is 7.35. The number of hydrogen-bond donors (Lipinski definition) is 2. The number of carbonyl (C=O) groups is 2. The van der Waals surface area contributed by atoms with Gasteiger partial charge in [0.15, 0.2) is 0 Å². The van der Waals surface area contributed by atoms with Gasteiger partial charge in [-0.1, -0.05) is 60.7 Å². The number of amides is 1. The van der Waals surface area contributed by atoms with Gasteiger partial charge in [-0.2, -0.15) is 5.26 Å². The number of piperazine rings is 1. The number of carboxylic acid groups (broad SMARTS) is 1. The lowest BCUT2D eigenvalue weighted by molar-refractivity contribution is -0.136. The number of nitrogens with zero attached hydrogens (tertiary/aromatic N) is 3. The monoisotopic (exact) mass is 418 g/mol. The smallest absolute Gasteiger partial charge is 0.305 e. The Labute approximate surface area is 182 Å². The Morgan fingerprint density at radius 1 is 1.00 bits per heavy atom. The molecule has 7 nitrogen and oxygen atoms in total. The van der Waals surface area contributed by atoms with Gasteiger partial charge in [0.2, 0.25) is 0 Å². The van der Waals surface area contributed by atoms with Crippen LogP contribution in [0.3, 0.4) is 0 Å². The third-order valence-electron chi connectivity index (χ3n) is 5.25. The molecule has 0 spiro atoms. The molecule has 0 bridgehead atoms. The summed E-state index contributed by atoms with van der Waals surface area (Å²) in [7, 11) is 0. The van der Waals surface area contributed by atoms with E-state index in [-0.39, 0.29) is 24.6 Å². The van der Waals surface area contributed by atoms with E-state index in [0.29, 0.717) is 13.1 Å². The molecule has 1 aliphatic rings. The van der Waals surface area contributed by atoms with Crippen LogP contribution < -0.4 is 5.32 Å². The third kappa shape index (κ3) is 6.17. The maximum absolute atomic E-state index is 12.1. The summed E-state index contributed by atoms with van der Waals surface area (Å²) < 4.78 is 0. The lowest BCUT2D eigenvalue weighted by Gasteiger charge is -2.39. The fourth-order valence-electron chi connectivity index (χ4n) is 3.71.